The summed E-state index contributed by atoms with van der Waals surface area (Å²) in [4.78, 5) is -0.404. The highest BCUT2D eigenvalue weighted by atomic mass is 32.2. The van der Waals surface area contributed by atoms with E-state index in [1.807, 2.05) is 0 Å². The summed E-state index contributed by atoms with van der Waals surface area (Å²) in [5, 5.41) is 9.00. The standard InChI is InChI=1S/C21H19F3N2O4S2/c1-20(2,3)31(27)26-19-18-15(10-21(19,23)24)16(5-6-17(18)32(4,28)29)30-14-8-12(11-25)7-13(22)9-14/h5-9H,10H2,1-4H3/b26-19+. The highest BCUT2D eigenvalue weighted by molar-refractivity contribution is 7.91. The molecule has 32 heavy (non-hydrogen) atoms. The van der Waals surface area contributed by atoms with E-state index in [1.165, 1.54) is 12.1 Å². The lowest BCUT2D eigenvalue weighted by molar-refractivity contribution is 0.0847. The van der Waals surface area contributed by atoms with E-state index in [0.29, 0.717) is 0 Å². The Morgan fingerprint density at radius 3 is 2.47 bits per heavy atom. The van der Waals surface area contributed by atoms with Gasteiger partial charge < -0.3 is 9.29 Å². The summed E-state index contributed by atoms with van der Waals surface area (Å²) < 4.78 is 89.3. The molecule has 0 saturated carbocycles. The van der Waals surface area contributed by atoms with Gasteiger partial charge in [0, 0.05) is 29.9 Å². The number of halogens is 3. The molecule has 0 aromatic heterocycles. The maximum Gasteiger partial charge on any atom is 0.298 e. The van der Waals surface area contributed by atoms with E-state index >= 15 is 8.78 Å². The fourth-order valence-corrected chi connectivity index (χ4v) is 4.65. The smallest absolute Gasteiger partial charge is 0.298 e. The van der Waals surface area contributed by atoms with Crippen LogP contribution in [-0.4, -0.2) is 35.6 Å². The Morgan fingerprint density at radius 1 is 1.25 bits per heavy atom. The van der Waals surface area contributed by atoms with E-state index in [1.54, 1.807) is 26.8 Å². The molecule has 2 aromatic rings. The Kier molecular flexibility index (Phi) is 6.10. The van der Waals surface area contributed by atoms with Crippen LogP contribution in [0.1, 0.15) is 37.5 Å². The molecule has 0 heterocycles. The molecular formula is C21H19F3N2O4S2. The third kappa shape index (κ3) is 4.77. The fourth-order valence-electron chi connectivity index (χ4n) is 3.08. The van der Waals surface area contributed by atoms with E-state index < -0.39 is 54.7 Å². The number of nitrogens with zero attached hydrogens (tertiary/aromatic N) is 2. The van der Waals surface area contributed by atoms with Gasteiger partial charge in [-0.15, -0.1) is 0 Å². The molecule has 0 aliphatic heterocycles. The van der Waals surface area contributed by atoms with Crippen molar-refractivity contribution in [3.63, 3.8) is 0 Å². The molecule has 0 fully saturated rings. The minimum atomic E-state index is -3.96. The monoisotopic (exact) mass is 484 g/mol. The van der Waals surface area contributed by atoms with Crippen molar-refractivity contribution >= 4 is 26.9 Å². The highest BCUT2D eigenvalue weighted by Crippen LogP contribution is 2.44. The van der Waals surface area contributed by atoms with Crippen LogP contribution >= 0.6 is 0 Å². The topological polar surface area (TPSA) is 103 Å². The summed E-state index contributed by atoms with van der Waals surface area (Å²) in [6.07, 6.45) is -0.0780. The zero-order valence-corrected chi connectivity index (χ0v) is 19.2. The first-order valence-corrected chi connectivity index (χ1v) is 12.3. The minimum absolute atomic E-state index is 0.0439. The molecule has 0 amide bonds. The second-order valence-corrected chi connectivity index (χ2v) is 12.1. The number of benzene rings is 2. The van der Waals surface area contributed by atoms with E-state index in [-0.39, 0.29) is 28.2 Å². The van der Waals surface area contributed by atoms with Gasteiger partial charge in [-0.25, -0.2) is 12.8 Å². The van der Waals surface area contributed by atoms with E-state index in [4.69, 9.17) is 10.00 Å². The van der Waals surface area contributed by atoms with Gasteiger partial charge >= 0.3 is 0 Å². The van der Waals surface area contributed by atoms with Crippen LogP contribution in [0.3, 0.4) is 0 Å². The van der Waals surface area contributed by atoms with Crippen molar-refractivity contribution in [3.8, 4) is 17.6 Å². The predicted octanol–water partition coefficient (Wildman–Crippen LogP) is 4.34. The number of alkyl halides is 2. The van der Waals surface area contributed by atoms with Crippen LogP contribution in [0.2, 0.25) is 0 Å². The summed E-state index contributed by atoms with van der Waals surface area (Å²) in [5.41, 5.74) is -1.48. The summed E-state index contributed by atoms with van der Waals surface area (Å²) in [6, 6.07) is 7.20. The van der Waals surface area contributed by atoms with Gasteiger partial charge in [-0.05, 0) is 45.0 Å². The Bertz CT molecular complexity index is 1260. The average Bonchev–Trinajstić information content (AvgIpc) is 2.90. The van der Waals surface area contributed by atoms with Crippen molar-refractivity contribution in [1.82, 2.24) is 0 Å². The lowest BCUT2D eigenvalue weighted by Gasteiger charge is -2.20. The van der Waals surface area contributed by atoms with Crippen molar-refractivity contribution in [2.24, 2.45) is 4.40 Å². The normalized spacial score (nSPS) is 17.7. The number of hydrogen-bond acceptors (Lipinski definition) is 6. The third-order valence-corrected chi connectivity index (χ3v) is 7.07. The summed E-state index contributed by atoms with van der Waals surface area (Å²) in [5.74, 6) is -4.64. The molecule has 1 unspecified atom stereocenters. The molecule has 0 bridgehead atoms. The molecule has 1 aliphatic rings. The van der Waals surface area contributed by atoms with Crippen LogP contribution in [-0.2, 0) is 27.6 Å². The van der Waals surface area contributed by atoms with Gasteiger partial charge in [0.1, 0.15) is 33.4 Å². The van der Waals surface area contributed by atoms with Gasteiger partial charge in [-0.2, -0.15) is 14.0 Å². The second-order valence-electron chi connectivity index (χ2n) is 8.26. The highest BCUT2D eigenvalue weighted by Gasteiger charge is 2.50. The first-order valence-electron chi connectivity index (χ1n) is 9.27. The average molecular weight is 485 g/mol. The first kappa shape index (κ1) is 24.1. The van der Waals surface area contributed by atoms with Gasteiger partial charge in [0.25, 0.3) is 5.92 Å². The first-order chi connectivity index (χ1) is 14.6. The van der Waals surface area contributed by atoms with Crippen LogP contribution in [0.4, 0.5) is 13.2 Å². The summed E-state index contributed by atoms with van der Waals surface area (Å²) >= 11 is -2.08. The number of fused-ring (bicyclic) bond motifs is 1. The van der Waals surface area contributed by atoms with Gasteiger partial charge in [0.2, 0.25) is 0 Å². The van der Waals surface area contributed by atoms with Crippen molar-refractivity contribution in [2.45, 2.75) is 42.8 Å². The van der Waals surface area contributed by atoms with E-state index in [2.05, 4.69) is 4.40 Å². The molecule has 1 aliphatic carbocycles. The maximum absolute atomic E-state index is 15.0. The predicted molar refractivity (Wildman–Crippen MR) is 114 cm³/mol. The zero-order valence-electron chi connectivity index (χ0n) is 17.6. The van der Waals surface area contributed by atoms with Gasteiger partial charge in [-0.1, -0.05) is 4.40 Å². The molecule has 0 spiro atoms. The van der Waals surface area contributed by atoms with Crippen molar-refractivity contribution in [3.05, 3.63) is 52.8 Å². The largest absolute Gasteiger partial charge is 0.591 e. The van der Waals surface area contributed by atoms with Gasteiger partial charge in [0.15, 0.2) is 15.5 Å². The zero-order chi connectivity index (χ0) is 24.1. The molecule has 11 heteroatoms. The molecular weight excluding hydrogens is 465 g/mol. The molecule has 1 atom stereocenters. The Labute approximate surface area is 187 Å². The van der Waals surface area contributed by atoms with Crippen LogP contribution in [0.5, 0.6) is 11.5 Å². The van der Waals surface area contributed by atoms with Crippen molar-refractivity contribution < 1.29 is 30.9 Å². The number of sulfone groups is 1. The molecule has 2 aromatic carbocycles. The molecule has 0 radical (unpaired) electrons. The van der Waals surface area contributed by atoms with E-state index in [0.717, 1.165) is 24.5 Å². The van der Waals surface area contributed by atoms with Gasteiger partial charge in [0.05, 0.1) is 16.5 Å². The fraction of sp³-hybridized carbons (Fsp3) is 0.333. The van der Waals surface area contributed by atoms with E-state index in [9.17, 15) is 17.4 Å². The number of rotatable bonds is 4. The molecule has 0 N–H and O–H groups in total. The molecule has 170 valence electrons. The lowest BCUT2D eigenvalue weighted by Crippen LogP contribution is -2.32. The van der Waals surface area contributed by atoms with Crippen LogP contribution < -0.4 is 4.74 Å². The SMILES string of the molecule is CC(C)(C)[S+]([O-])/N=C1\c2c(S(C)(=O)=O)ccc(Oc3cc(F)cc(C#N)c3)c2CC1(F)F. The minimum Gasteiger partial charge on any atom is -0.591 e. The third-order valence-electron chi connectivity index (χ3n) is 4.54. The Balaban J connectivity index is 2.24. The second kappa shape index (κ2) is 8.10. The van der Waals surface area contributed by atoms with Crippen LogP contribution in [0.25, 0.3) is 0 Å². The molecule has 3 rings (SSSR count). The molecule has 6 nitrogen and oxygen atoms in total. The van der Waals surface area contributed by atoms with Crippen molar-refractivity contribution in [1.29, 1.82) is 5.26 Å². The lowest BCUT2D eigenvalue weighted by atomic mass is 10.1. The maximum atomic E-state index is 15.0. The quantitative estimate of drug-likeness (QED) is 0.601. The Hall–Kier alpha value is -2.55. The molecule has 0 saturated heterocycles. The summed E-state index contributed by atoms with van der Waals surface area (Å²) in [6.45, 7) is 4.65. The van der Waals surface area contributed by atoms with Crippen molar-refractivity contribution in [2.75, 3.05) is 6.26 Å². The summed E-state index contributed by atoms with van der Waals surface area (Å²) in [7, 11) is -3.96. The number of ether oxygens (including phenoxy) is 1. The number of hydrogen-bond donors (Lipinski definition) is 0. The van der Waals surface area contributed by atoms with Gasteiger partial charge in [-0.3, -0.25) is 0 Å². The number of nitriles is 1. The Morgan fingerprint density at radius 2 is 1.91 bits per heavy atom. The van der Waals surface area contributed by atoms with Crippen LogP contribution in [0, 0.1) is 17.1 Å². The van der Waals surface area contributed by atoms with Crippen LogP contribution in [0.15, 0.2) is 39.6 Å².